The summed E-state index contributed by atoms with van der Waals surface area (Å²) in [6, 6.07) is 10.5. The molecule has 2 aliphatic carbocycles. The number of hydrogen-bond donors (Lipinski definition) is 0. The fourth-order valence-corrected chi connectivity index (χ4v) is 5.76. The Morgan fingerprint density at radius 2 is 1.90 bits per heavy atom. The zero-order chi connectivity index (χ0) is 19.8. The smallest absolute Gasteiger partial charge is 0.306 e. The third-order valence-electron chi connectivity index (χ3n) is 7.10. The summed E-state index contributed by atoms with van der Waals surface area (Å²) in [5.74, 6) is 1.90. The summed E-state index contributed by atoms with van der Waals surface area (Å²) in [7, 11) is 0. The Labute approximate surface area is 171 Å². The van der Waals surface area contributed by atoms with Gasteiger partial charge in [0.25, 0.3) is 0 Å². The molecule has 0 N–H and O–H groups in total. The van der Waals surface area contributed by atoms with Gasteiger partial charge in [-0.2, -0.15) is 0 Å². The average Bonchev–Trinajstić information content (AvgIpc) is 3.13. The monoisotopic (exact) mass is 391 g/mol. The average molecular weight is 391 g/mol. The Morgan fingerprint density at radius 3 is 2.69 bits per heavy atom. The van der Waals surface area contributed by atoms with Gasteiger partial charge in [-0.3, -0.25) is 9.78 Å². The van der Waals surface area contributed by atoms with Crippen LogP contribution < -0.4 is 0 Å². The number of esters is 1. The van der Waals surface area contributed by atoms with Crippen molar-refractivity contribution < 1.29 is 13.9 Å². The number of carbonyl (C=O) groups is 1. The predicted octanol–water partition coefficient (Wildman–Crippen LogP) is 5.66. The molecule has 4 heteroatoms. The van der Waals surface area contributed by atoms with Crippen molar-refractivity contribution in [1.29, 1.82) is 0 Å². The summed E-state index contributed by atoms with van der Waals surface area (Å²) in [6.45, 7) is 0. The van der Waals surface area contributed by atoms with E-state index in [4.69, 9.17) is 4.74 Å². The Morgan fingerprint density at radius 1 is 1.03 bits per heavy atom. The molecule has 2 aromatic rings. The third kappa shape index (κ3) is 3.73. The van der Waals surface area contributed by atoms with Gasteiger partial charge >= 0.3 is 5.97 Å². The normalized spacial score (nSPS) is 31.3. The molecule has 2 heterocycles. The van der Waals surface area contributed by atoms with E-state index in [1.807, 2.05) is 18.2 Å². The number of ether oxygens (including phenoxy) is 1. The molecule has 29 heavy (non-hydrogen) atoms. The second kappa shape index (κ2) is 7.74. The van der Waals surface area contributed by atoms with E-state index in [9.17, 15) is 9.18 Å². The van der Waals surface area contributed by atoms with Crippen molar-refractivity contribution in [2.24, 2.45) is 23.7 Å². The fraction of sp³-hybridized carbons (Fsp3) is 0.440. The molecular formula is C25H26FNO2. The van der Waals surface area contributed by atoms with Gasteiger partial charge in [0.15, 0.2) is 0 Å². The van der Waals surface area contributed by atoms with Crippen molar-refractivity contribution in [3.63, 3.8) is 0 Å². The van der Waals surface area contributed by atoms with E-state index in [0.29, 0.717) is 30.1 Å². The number of carbonyl (C=O) groups excluding carboxylic acids is 1. The highest BCUT2D eigenvalue weighted by Crippen LogP contribution is 2.51. The molecule has 0 amide bonds. The lowest BCUT2D eigenvalue weighted by Crippen LogP contribution is -2.42. The van der Waals surface area contributed by atoms with E-state index in [2.05, 4.69) is 17.1 Å². The molecule has 5 atom stereocenters. The van der Waals surface area contributed by atoms with Gasteiger partial charge in [-0.1, -0.05) is 37.1 Å². The van der Waals surface area contributed by atoms with Crippen molar-refractivity contribution in [3.05, 3.63) is 60.2 Å². The second-order valence-electron chi connectivity index (χ2n) is 8.75. The maximum atomic E-state index is 13.4. The molecule has 0 bridgehead atoms. The van der Waals surface area contributed by atoms with Gasteiger partial charge in [0.05, 0.1) is 12.1 Å². The molecule has 3 aliphatic rings. The lowest BCUT2D eigenvalue weighted by atomic mass is 9.60. The van der Waals surface area contributed by atoms with Gasteiger partial charge in [-0.15, -0.1) is 0 Å². The molecule has 1 aliphatic heterocycles. The van der Waals surface area contributed by atoms with Crippen LogP contribution >= 0.6 is 0 Å². The molecular weight excluding hydrogens is 365 g/mol. The highest BCUT2D eigenvalue weighted by molar-refractivity contribution is 5.72. The first kappa shape index (κ1) is 18.5. The van der Waals surface area contributed by atoms with Crippen LogP contribution in [0.2, 0.25) is 0 Å². The minimum Gasteiger partial charge on any atom is -0.462 e. The quantitative estimate of drug-likeness (QED) is 0.634. The number of pyridine rings is 1. The first-order valence-electron chi connectivity index (χ1n) is 10.8. The van der Waals surface area contributed by atoms with Crippen LogP contribution in [0.4, 0.5) is 4.39 Å². The Balaban J connectivity index is 1.33. The molecule has 0 radical (unpaired) electrons. The predicted molar refractivity (Wildman–Crippen MR) is 110 cm³/mol. The number of fused-ring (bicyclic) bond motifs is 3. The van der Waals surface area contributed by atoms with Crippen LogP contribution in [0.3, 0.4) is 0 Å². The fourth-order valence-electron chi connectivity index (χ4n) is 5.76. The van der Waals surface area contributed by atoms with Gasteiger partial charge in [0.2, 0.25) is 0 Å². The van der Waals surface area contributed by atoms with Crippen LogP contribution in [-0.4, -0.2) is 17.1 Å². The zero-order valence-corrected chi connectivity index (χ0v) is 16.5. The molecule has 2 saturated carbocycles. The number of rotatable bonds is 3. The number of hydrogen-bond acceptors (Lipinski definition) is 3. The van der Waals surface area contributed by atoms with Crippen molar-refractivity contribution in [1.82, 2.24) is 4.98 Å². The summed E-state index contributed by atoms with van der Waals surface area (Å²) in [5.41, 5.74) is 2.65. The zero-order valence-electron chi connectivity index (χ0n) is 16.5. The number of aromatic nitrogens is 1. The molecule has 5 rings (SSSR count). The van der Waals surface area contributed by atoms with E-state index in [1.165, 1.54) is 37.8 Å². The lowest BCUT2D eigenvalue weighted by Gasteiger charge is -2.45. The number of benzene rings is 1. The van der Waals surface area contributed by atoms with Crippen molar-refractivity contribution in [2.75, 3.05) is 0 Å². The van der Waals surface area contributed by atoms with Crippen molar-refractivity contribution in [3.8, 4) is 11.1 Å². The third-order valence-corrected chi connectivity index (χ3v) is 7.10. The van der Waals surface area contributed by atoms with Crippen LogP contribution in [0.5, 0.6) is 0 Å². The van der Waals surface area contributed by atoms with Gasteiger partial charge in [-0.05, 0) is 66.9 Å². The molecule has 3 nitrogen and oxygen atoms in total. The highest BCUT2D eigenvalue weighted by atomic mass is 19.1. The molecule has 1 aromatic carbocycles. The molecule has 0 spiro atoms. The van der Waals surface area contributed by atoms with Gasteiger partial charge in [0.1, 0.15) is 11.9 Å². The second-order valence-corrected chi connectivity index (χ2v) is 8.75. The highest BCUT2D eigenvalue weighted by Gasteiger charge is 2.49. The van der Waals surface area contributed by atoms with Crippen LogP contribution in [0.1, 0.15) is 44.2 Å². The van der Waals surface area contributed by atoms with Crippen LogP contribution in [0.25, 0.3) is 17.2 Å². The maximum Gasteiger partial charge on any atom is 0.306 e. The Kier molecular flexibility index (Phi) is 4.94. The van der Waals surface area contributed by atoms with E-state index in [0.717, 1.165) is 23.2 Å². The summed E-state index contributed by atoms with van der Waals surface area (Å²) in [5, 5.41) is 0. The first-order chi connectivity index (χ1) is 14.2. The van der Waals surface area contributed by atoms with Crippen molar-refractivity contribution >= 4 is 12.0 Å². The standard InChI is InChI=1S/C25H26FNO2/c26-19-5-3-4-16(12-19)18-9-11-20(27-15-18)10-8-17-13-24-23(14-25(28)29-24)22-7-2-1-6-21(17)22/h3-5,8-12,15,17,21-24H,1-2,6-7,13-14H2/b10-8+/t17-,21+,22-,23+,24-/m1/s1. The van der Waals surface area contributed by atoms with E-state index in [1.54, 1.807) is 12.3 Å². The Bertz CT molecular complexity index is 923. The summed E-state index contributed by atoms with van der Waals surface area (Å²) in [4.78, 5) is 16.4. The van der Waals surface area contributed by atoms with Gasteiger partial charge in [-0.25, -0.2) is 4.39 Å². The van der Waals surface area contributed by atoms with Gasteiger partial charge in [0, 0.05) is 17.7 Å². The molecule has 1 aromatic heterocycles. The molecule has 1 saturated heterocycles. The van der Waals surface area contributed by atoms with Gasteiger partial charge < -0.3 is 4.74 Å². The maximum absolute atomic E-state index is 13.4. The molecule has 150 valence electrons. The number of allylic oxidation sites excluding steroid dienone is 1. The minimum absolute atomic E-state index is 0.0106. The first-order valence-corrected chi connectivity index (χ1v) is 10.8. The van der Waals surface area contributed by atoms with Crippen LogP contribution in [-0.2, 0) is 9.53 Å². The van der Waals surface area contributed by atoms with Crippen LogP contribution in [0.15, 0.2) is 48.7 Å². The SMILES string of the molecule is O=C1C[C@H]2[C@@H]3CCCC[C@H]3[C@H](/C=C/c3ccc(-c4cccc(F)c4)cn3)C[C@H]2O1. The number of nitrogens with zero attached hydrogens (tertiary/aromatic N) is 1. The van der Waals surface area contributed by atoms with Crippen molar-refractivity contribution in [2.45, 2.75) is 44.6 Å². The van der Waals surface area contributed by atoms with E-state index < -0.39 is 0 Å². The molecule has 0 unspecified atom stereocenters. The molecule has 3 fully saturated rings. The summed E-state index contributed by atoms with van der Waals surface area (Å²) >= 11 is 0. The van der Waals surface area contributed by atoms with E-state index >= 15 is 0 Å². The number of halogens is 1. The largest absolute Gasteiger partial charge is 0.462 e. The Hall–Kier alpha value is -2.49. The topological polar surface area (TPSA) is 39.2 Å². The lowest BCUT2D eigenvalue weighted by molar-refractivity contribution is -0.143. The van der Waals surface area contributed by atoms with Crippen LogP contribution in [0, 0.1) is 29.5 Å². The minimum atomic E-state index is -0.239. The van der Waals surface area contributed by atoms with E-state index in [-0.39, 0.29) is 17.9 Å². The summed E-state index contributed by atoms with van der Waals surface area (Å²) in [6.07, 6.45) is 12.9. The summed E-state index contributed by atoms with van der Waals surface area (Å²) < 4.78 is 19.1.